The van der Waals surface area contributed by atoms with Crippen LogP contribution in [0.5, 0.6) is 11.5 Å². The quantitative estimate of drug-likeness (QED) is 0.382. The van der Waals surface area contributed by atoms with E-state index in [2.05, 4.69) is 20.2 Å². The Bertz CT molecular complexity index is 1410. The highest BCUT2D eigenvalue weighted by Crippen LogP contribution is 2.33. The Morgan fingerprint density at radius 1 is 1.00 bits per heavy atom. The predicted molar refractivity (Wildman–Crippen MR) is 125 cm³/mol. The summed E-state index contributed by atoms with van der Waals surface area (Å²) >= 11 is 1.55. The Morgan fingerprint density at radius 2 is 1.85 bits per heavy atom. The van der Waals surface area contributed by atoms with E-state index in [-0.39, 0.29) is 16.1 Å². The van der Waals surface area contributed by atoms with E-state index in [1.54, 1.807) is 41.7 Å². The number of sulfonamides is 1. The maximum Gasteiger partial charge on any atom is 0.262 e. The molecule has 11 heteroatoms. The monoisotopic (exact) mass is 482 g/mol. The molecule has 0 aliphatic carbocycles. The molecule has 2 aromatic carbocycles. The van der Waals surface area contributed by atoms with Gasteiger partial charge in [-0.3, -0.25) is 14.6 Å². The minimum atomic E-state index is -3.90. The number of H-pyrrole nitrogens is 1. The van der Waals surface area contributed by atoms with Gasteiger partial charge in [0.2, 0.25) is 0 Å². The summed E-state index contributed by atoms with van der Waals surface area (Å²) in [6, 6.07) is 16.2. The number of aromatic nitrogens is 2. The van der Waals surface area contributed by atoms with Gasteiger partial charge in [-0.25, -0.2) is 8.42 Å². The van der Waals surface area contributed by atoms with Crippen molar-refractivity contribution in [3.63, 3.8) is 0 Å². The standard InChI is InChI=1S/C22H18N4O5S2/c27-22(23-21-13-17(24-25-21)20-5-2-10-32-20)14-3-1-4-15(11-14)26-33(28,29)16-6-7-18-19(12-16)31-9-8-30-18/h1-7,10-13,26H,8-9H2,(H2,23,24,25,27). The third-order valence-electron chi connectivity index (χ3n) is 4.81. The first-order valence-corrected chi connectivity index (χ1v) is 12.3. The Hall–Kier alpha value is -3.83. The highest BCUT2D eigenvalue weighted by atomic mass is 32.2. The molecule has 0 unspecified atom stereocenters. The third-order valence-corrected chi connectivity index (χ3v) is 7.09. The Balaban J connectivity index is 1.31. The Morgan fingerprint density at radius 3 is 2.67 bits per heavy atom. The number of nitrogens with one attached hydrogen (secondary N) is 3. The Labute approximate surface area is 193 Å². The van der Waals surface area contributed by atoms with Gasteiger partial charge < -0.3 is 14.8 Å². The van der Waals surface area contributed by atoms with Crippen molar-refractivity contribution in [2.24, 2.45) is 0 Å². The summed E-state index contributed by atoms with van der Waals surface area (Å²) in [5.74, 6) is 0.822. The van der Waals surface area contributed by atoms with Gasteiger partial charge in [-0.2, -0.15) is 5.10 Å². The van der Waals surface area contributed by atoms with Gasteiger partial charge in [-0.05, 0) is 41.8 Å². The summed E-state index contributed by atoms with van der Waals surface area (Å²) < 4.78 is 39.1. The minimum absolute atomic E-state index is 0.0271. The molecule has 2 aromatic heterocycles. The van der Waals surface area contributed by atoms with Crippen molar-refractivity contribution in [3.05, 3.63) is 71.6 Å². The van der Waals surface area contributed by atoms with Crippen LogP contribution in [-0.2, 0) is 10.0 Å². The zero-order chi connectivity index (χ0) is 22.8. The molecule has 5 rings (SSSR count). The van der Waals surface area contributed by atoms with Gasteiger partial charge in [0.05, 0.1) is 15.5 Å². The molecular formula is C22H18N4O5S2. The average molecular weight is 483 g/mol. The van der Waals surface area contributed by atoms with Crippen LogP contribution in [-0.4, -0.2) is 37.7 Å². The fourth-order valence-electron chi connectivity index (χ4n) is 3.26. The van der Waals surface area contributed by atoms with Crippen LogP contribution < -0.4 is 19.5 Å². The van der Waals surface area contributed by atoms with Crippen LogP contribution in [0.15, 0.2) is 70.9 Å². The normalized spacial score (nSPS) is 12.8. The molecule has 168 valence electrons. The molecule has 3 N–H and O–H groups in total. The fourth-order valence-corrected chi connectivity index (χ4v) is 5.02. The maximum absolute atomic E-state index is 12.9. The van der Waals surface area contributed by atoms with Gasteiger partial charge in [0.15, 0.2) is 17.3 Å². The van der Waals surface area contributed by atoms with Crippen LogP contribution in [0.2, 0.25) is 0 Å². The number of amides is 1. The smallest absolute Gasteiger partial charge is 0.262 e. The lowest BCUT2D eigenvalue weighted by atomic mass is 10.2. The molecule has 3 heterocycles. The first-order chi connectivity index (χ1) is 16.0. The van der Waals surface area contributed by atoms with E-state index in [9.17, 15) is 13.2 Å². The summed E-state index contributed by atoms with van der Waals surface area (Å²) in [4.78, 5) is 13.7. The van der Waals surface area contributed by atoms with Gasteiger partial charge in [0.25, 0.3) is 15.9 Å². The maximum atomic E-state index is 12.9. The number of aromatic amines is 1. The van der Waals surface area contributed by atoms with E-state index in [4.69, 9.17) is 9.47 Å². The van der Waals surface area contributed by atoms with Gasteiger partial charge in [0.1, 0.15) is 13.2 Å². The van der Waals surface area contributed by atoms with Crippen LogP contribution >= 0.6 is 11.3 Å². The summed E-state index contributed by atoms with van der Waals surface area (Å²) in [7, 11) is -3.90. The second-order valence-electron chi connectivity index (χ2n) is 7.09. The van der Waals surface area contributed by atoms with Gasteiger partial charge in [-0.15, -0.1) is 11.3 Å². The lowest BCUT2D eigenvalue weighted by Gasteiger charge is -2.19. The number of anilines is 2. The summed E-state index contributed by atoms with van der Waals surface area (Å²) in [5.41, 5.74) is 1.32. The molecule has 0 bridgehead atoms. The van der Waals surface area contributed by atoms with Crippen LogP contribution in [0, 0.1) is 0 Å². The van der Waals surface area contributed by atoms with Crippen molar-refractivity contribution >= 4 is 38.8 Å². The first kappa shape index (κ1) is 21.0. The molecule has 0 fully saturated rings. The number of thiophene rings is 1. The average Bonchev–Trinajstić information content (AvgIpc) is 3.51. The van der Waals surface area contributed by atoms with Gasteiger partial charge in [0, 0.05) is 23.4 Å². The minimum Gasteiger partial charge on any atom is -0.486 e. The molecule has 4 aromatic rings. The summed E-state index contributed by atoms with van der Waals surface area (Å²) in [6.07, 6.45) is 0. The van der Waals surface area contributed by atoms with Crippen LogP contribution in [0.3, 0.4) is 0 Å². The second kappa shape index (κ2) is 8.60. The largest absolute Gasteiger partial charge is 0.486 e. The molecular weight excluding hydrogens is 464 g/mol. The Kier molecular flexibility index (Phi) is 5.48. The predicted octanol–water partition coefficient (Wildman–Crippen LogP) is 3.96. The van der Waals surface area contributed by atoms with Gasteiger partial charge >= 0.3 is 0 Å². The summed E-state index contributed by atoms with van der Waals surface area (Å²) in [5, 5.41) is 11.7. The zero-order valence-electron chi connectivity index (χ0n) is 17.1. The van der Waals surface area contributed by atoms with Crippen LogP contribution in [0.4, 0.5) is 11.5 Å². The molecule has 0 atom stereocenters. The van der Waals surface area contributed by atoms with E-state index >= 15 is 0 Å². The van der Waals surface area contributed by atoms with Crippen molar-refractivity contribution in [1.82, 2.24) is 10.2 Å². The number of rotatable bonds is 6. The molecule has 1 amide bonds. The number of ether oxygens (including phenoxy) is 2. The van der Waals surface area contributed by atoms with Crippen LogP contribution in [0.25, 0.3) is 10.6 Å². The lowest BCUT2D eigenvalue weighted by Crippen LogP contribution is -2.17. The molecule has 0 spiro atoms. The van der Waals surface area contributed by atoms with Crippen molar-refractivity contribution < 1.29 is 22.7 Å². The first-order valence-electron chi connectivity index (χ1n) is 9.91. The second-order valence-corrected chi connectivity index (χ2v) is 9.72. The molecule has 1 aliphatic rings. The summed E-state index contributed by atoms with van der Waals surface area (Å²) in [6.45, 7) is 0.770. The van der Waals surface area contributed by atoms with E-state index < -0.39 is 15.9 Å². The van der Waals surface area contributed by atoms with Crippen molar-refractivity contribution in [2.45, 2.75) is 4.90 Å². The molecule has 9 nitrogen and oxygen atoms in total. The SMILES string of the molecule is O=C(Nc1cc(-c2cccs2)[nH]n1)c1cccc(NS(=O)(=O)c2ccc3c(c2)OCCO3)c1. The third kappa shape index (κ3) is 4.54. The van der Waals surface area contributed by atoms with Gasteiger partial charge in [-0.1, -0.05) is 12.1 Å². The number of hydrogen-bond acceptors (Lipinski definition) is 7. The number of nitrogens with zero attached hydrogens (tertiary/aromatic N) is 1. The van der Waals surface area contributed by atoms with E-state index in [1.807, 2.05) is 17.5 Å². The number of hydrogen-bond donors (Lipinski definition) is 3. The molecule has 33 heavy (non-hydrogen) atoms. The van der Waals surface area contributed by atoms with E-state index in [0.717, 1.165) is 10.6 Å². The van der Waals surface area contributed by atoms with Crippen molar-refractivity contribution in [1.29, 1.82) is 0 Å². The molecule has 0 saturated carbocycles. The highest BCUT2D eigenvalue weighted by Gasteiger charge is 2.20. The van der Waals surface area contributed by atoms with E-state index in [0.29, 0.717) is 30.5 Å². The van der Waals surface area contributed by atoms with Crippen molar-refractivity contribution in [3.8, 4) is 22.1 Å². The topological polar surface area (TPSA) is 122 Å². The number of fused-ring (bicyclic) bond motifs is 1. The lowest BCUT2D eigenvalue weighted by molar-refractivity contribution is 0.102. The number of carbonyl (C=O) groups is 1. The highest BCUT2D eigenvalue weighted by molar-refractivity contribution is 7.92. The molecule has 0 radical (unpaired) electrons. The fraction of sp³-hybridized carbons (Fsp3) is 0.0909. The molecule has 1 aliphatic heterocycles. The number of carbonyl (C=O) groups excluding carboxylic acids is 1. The van der Waals surface area contributed by atoms with Crippen LogP contribution in [0.1, 0.15) is 10.4 Å². The number of benzene rings is 2. The molecule has 0 saturated heterocycles. The zero-order valence-corrected chi connectivity index (χ0v) is 18.7. The van der Waals surface area contributed by atoms with E-state index in [1.165, 1.54) is 18.2 Å². The van der Waals surface area contributed by atoms with Crippen molar-refractivity contribution in [2.75, 3.05) is 23.3 Å².